The number of fused-ring (bicyclic) bond motifs is 2. The van der Waals surface area contributed by atoms with E-state index in [4.69, 9.17) is 0 Å². The molecule has 3 aliphatic rings. The van der Waals surface area contributed by atoms with E-state index in [0.717, 1.165) is 78.9 Å². The highest BCUT2D eigenvalue weighted by Gasteiger charge is 2.27. The zero-order chi connectivity index (χ0) is 21.8. The molecule has 0 bridgehead atoms. The van der Waals surface area contributed by atoms with Crippen LogP contribution in [0, 0.1) is 0 Å². The Morgan fingerprint density at radius 1 is 1.06 bits per heavy atom. The zero-order valence-corrected chi connectivity index (χ0v) is 18.3. The van der Waals surface area contributed by atoms with Crippen molar-refractivity contribution in [2.45, 2.75) is 31.8 Å². The Morgan fingerprint density at radius 3 is 2.66 bits per heavy atom. The number of benzene rings is 1. The quantitative estimate of drug-likeness (QED) is 0.691. The van der Waals surface area contributed by atoms with Crippen LogP contribution in [0.1, 0.15) is 45.8 Å². The lowest BCUT2D eigenvalue weighted by Crippen LogP contribution is -2.46. The summed E-state index contributed by atoms with van der Waals surface area (Å²) in [6, 6.07) is 10.3. The van der Waals surface area contributed by atoms with Crippen LogP contribution in [0.3, 0.4) is 0 Å². The summed E-state index contributed by atoms with van der Waals surface area (Å²) in [5.74, 6) is 0.540. The second-order valence-electron chi connectivity index (χ2n) is 9.37. The van der Waals surface area contributed by atoms with E-state index in [1.54, 1.807) is 4.90 Å². The van der Waals surface area contributed by atoms with E-state index in [1.165, 1.54) is 5.69 Å². The molecule has 1 saturated heterocycles. The van der Waals surface area contributed by atoms with Crippen molar-refractivity contribution in [1.29, 1.82) is 0 Å². The number of hydrogen-bond acceptors (Lipinski definition) is 5. The van der Waals surface area contributed by atoms with E-state index in [-0.39, 0.29) is 11.5 Å². The summed E-state index contributed by atoms with van der Waals surface area (Å²) in [7, 11) is 1.85. The minimum atomic E-state index is 0.0369. The lowest BCUT2D eigenvalue weighted by atomic mass is 10.1. The average Bonchev–Trinajstić information content (AvgIpc) is 3.59. The van der Waals surface area contributed by atoms with E-state index in [0.29, 0.717) is 12.5 Å². The molecule has 0 radical (unpaired) electrons. The first-order chi connectivity index (χ1) is 15.5. The molecule has 32 heavy (non-hydrogen) atoms. The van der Waals surface area contributed by atoms with Gasteiger partial charge in [-0.2, -0.15) is 0 Å². The van der Waals surface area contributed by atoms with Crippen molar-refractivity contribution < 1.29 is 4.79 Å². The van der Waals surface area contributed by atoms with Crippen LogP contribution >= 0.6 is 0 Å². The van der Waals surface area contributed by atoms with Gasteiger partial charge in [0.2, 0.25) is 0 Å². The molecule has 7 heteroatoms. The van der Waals surface area contributed by atoms with Gasteiger partial charge in [-0.15, -0.1) is 0 Å². The molecule has 1 aromatic carbocycles. The molecular weight excluding hydrogens is 402 g/mol. The number of H-pyrrole nitrogens is 1. The number of hydrogen-bond donors (Lipinski definition) is 1. The number of piperazine rings is 1. The first-order valence-electron chi connectivity index (χ1n) is 11.4. The summed E-state index contributed by atoms with van der Waals surface area (Å²) in [4.78, 5) is 38.8. The minimum Gasteiger partial charge on any atom is -0.369 e. The van der Waals surface area contributed by atoms with Crippen molar-refractivity contribution in [3.05, 3.63) is 69.1 Å². The van der Waals surface area contributed by atoms with Gasteiger partial charge in [-0.1, -0.05) is 0 Å². The molecule has 0 unspecified atom stereocenters. The Kier molecular flexibility index (Phi) is 4.54. The van der Waals surface area contributed by atoms with Crippen molar-refractivity contribution >= 4 is 22.6 Å². The monoisotopic (exact) mass is 429 g/mol. The Bertz CT molecular complexity index is 1270. The molecule has 3 aromatic rings. The lowest BCUT2D eigenvalue weighted by Gasteiger charge is -2.36. The maximum Gasteiger partial charge on any atom is 0.254 e. The molecule has 1 aliphatic carbocycles. The molecule has 2 aliphatic heterocycles. The second-order valence-corrected chi connectivity index (χ2v) is 9.37. The highest BCUT2D eigenvalue weighted by Crippen LogP contribution is 2.38. The van der Waals surface area contributed by atoms with Crippen LogP contribution < -0.4 is 10.5 Å². The lowest BCUT2D eigenvalue weighted by molar-refractivity contribution is 0.0816. The van der Waals surface area contributed by atoms with E-state index in [1.807, 2.05) is 25.4 Å². The molecular formula is C25H27N5O2. The molecule has 1 amide bonds. The van der Waals surface area contributed by atoms with Gasteiger partial charge in [0.1, 0.15) is 0 Å². The minimum absolute atomic E-state index is 0.0369. The number of nitrogens with one attached hydrogen (secondary N) is 1. The molecule has 0 spiro atoms. The SMILES string of the molecule is CN1Cc2cc(N3CCN(Cc4cnc5cc(C6CC6)c(=O)[nH]c5c4)CC3)ccc2C1=O. The Balaban J connectivity index is 1.12. The molecule has 4 heterocycles. The summed E-state index contributed by atoms with van der Waals surface area (Å²) in [6.45, 7) is 5.35. The number of aromatic nitrogens is 2. The number of pyridine rings is 2. The number of anilines is 1. The maximum absolute atomic E-state index is 12.4. The van der Waals surface area contributed by atoms with E-state index >= 15 is 0 Å². The third-order valence-corrected chi connectivity index (χ3v) is 7.01. The number of nitrogens with zero attached hydrogens (tertiary/aromatic N) is 4. The van der Waals surface area contributed by atoms with Gasteiger partial charge in [0, 0.05) is 69.3 Å². The van der Waals surface area contributed by atoms with Crippen molar-refractivity contribution in [3.63, 3.8) is 0 Å². The second kappa shape index (κ2) is 7.45. The summed E-state index contributed by atoms with van der Waals surface area (Å²) in [6.07, 6.45) is 4.16. The molecule has 0 atom stereocenters. The van der Waals surface area contributed by atoms with Crippen molar-refractivity contribution in [1.82, 2.24) is 19.8 Å². The van der Waals surface area contributed by atoms with Gasteiger partial charge in [0.05, 0.1) is 11.0 Å². The maximum atomic E-state index is 12.4. The van der Waals surface area contributed by atoms with Crippen molar-refractivity contribution in [3.8, 4) is 0 Å². The number of amides is 1. The van der Waals surface area contributed by atoms with Gasteiger partial charge >= 0.3 is 0 Å². The van der Waals surface area contributed by atoms with E-state index in [9.17, 15) is 9.59 Å². The van der Waals surface area contributed by atoms with Gasteiger partial charge in [-0.25, -0.2) is 0 Å². The zero-order valence-electron chi connectivity index (χ0n) is 18.3. The van der Waals surface area contributed by atoms with Gasteiger partial charge in [0.25, 0.3) is 11.5 Å². The molecule has 1 saturated carbocycles. The fraction of sp³-hybridized carbons (Fsp3) is 0.400. The molecule has 2 fully saturated rings. The Morgan fingerprint density at radius 2 is 1.88 bits per heavy atom. The fourth-order valence-corrected chi connectivity index (χ4v) is 5.00. The van der Waals surface area contributed by atoms with Crippen LogP contribution in [0.25, 0.3) is 11.0 Å². The van der Waals surface area contributed by atoms with Crippen LogP contribution in [0.4, 0.5) is 5.69 Å². The third kappa shape index (κ3) is 3.46. The standard InChI is InChI=1S/C25H27N5O2/c1-28-15-18-11-19(4-5-20(18)25(28)32)30-8-6-29(7-9-30)14-16-10-23-22(26-13-16)12-21(17-2-3-17)24(31)27-23/h4-5,10-13,17H,2-3,6-9,14-15H2,1H3,(H,27,31). The van der Waals surface area contributed by atoms with Gasteiger partial charge in [-0.3, -0.25) is 19.5 Å². The molecule has 6 rings (SSSR count). The van der Waals surface area contributed by atoms with Crippen LogP contribution in [0.2, 0.25) is 0 Å². The Labute approximate surface area is 186 Å². The molecule has 7 nitrogen and oxygen atoms in total. The van der Waals surface area contributed by atoms with E-state index < -0.39 is 0 Å². The predicted molar refractivity (Wildman–Crippen MR) is 124 cm³/mol. The number of carbonyl (C=O) groups excluding carboxylic acids is 1. The van der Waals surface area contributed by atoms with Crippen LogP contribution in [0.5, 0.6) is 0 Å². The van der Waals surface area contributed by atoms with E-state index in [2.05, 4.69) is 38.0 Å². The summed E-state index contributed by atoms with van der Waals surface area (Å²) < 4.78 is 0. The van der Waals surface area contributed by atoms with Crippen LogP contribution in [-0.2, 0) is 13.1 Å². The molecule has 164 valence electrons. The normalized spacial score (nSPS) is 19.1. The average molecular weight is 430 g/mol. The number of aromatic amines is 1. The summed E-state index contributed by atoms with van der Waals surface area (Å²) in [5.41, 5.74) is 6.91. The largest absolute Gasteiger partial charge is 0.369 e. The van der Waals surface area contributed by atoms with Crippen LogP contribution in [-0.4, -0.2) is 58.9 Å². The summed E-state index contributed by atoms with van der Waals surface area (Å²) >= 11 is 0. The van der Waals surface area contributed by atoms with Crippen LogP contribution in [0.15, 0.2) is 41.3 Å². The first-order valence-corrected chi connectivity index (χ1v) is 11.4. The summed E-state index contributed by atoms with van der Waals surface area (Å²) in [5, 5.41) is 0. The van der Waals surface area contributed by atoms with Gasteiger partial charge in [0.15, 0.2) is 0 Å². The Hall–Kier alpha value is -3.19. The number of carbonyl (C=O) groups is 1. The molecule has 1 N–H and O–H groups in total. The highest BCUT2D eigenvalue weighted by molar-refractivity contribution is 5.98. The highest BCUT2D eigenvalue weighted by atomic mass is 16.2. The third-order valence-electron chi connectivity index (χ3n) is 7.01. The first kappa shape index (κ1) is 19.5. The topological polar surface area (TPSA) is 72.5 Å². The smallest absolute Gasteiger partial charge is 0.254 e. The fourth-order valence-electron chi connectivity index (χ4n) is 5.00. The predicted octanol–water partition coefficient (Wildman–Crippen LogP) is 2.71. The van der Waals surface area contributed by atoms with Crippen molar-refractivity contribution in [2.24, 2.45) is 0 Å². The van der Waals surface area contributed by atoms with Gasteiger partial charge in [-0.05, 0) is 60.2 Å². The molecule has 2 aromatic heterocycles. The number of rotatable bonds is 4. The van der Waals surface area contributed by atoms with Crippen molar-refractivity contribution in [2.75, 3.05) is 38.1 Å². The van der Waals surface area contributed by atoms with Gasteiger partial charge < -0.3 is 14.8 Å².